The molecular weight excluding hydrogens is 229 g/mol. The summed E-state index contributed by atoms with van der Waals surface area (Å²) in [6.07, 6.45) is -1.56. The predicted molar refractivity (Wildman–Crippen MR) is 56.3 cm³/mol. The summed E-state index contributed by atoms with van der Waals surface area (Å²) >= 11 is 0. The van der Waals surface area contributed by atoms with E-state index in [1.807, 2.05) is 0 Å². The molecule has 0 aromatic heterocycles. The Morgan fingerprint density at radius 1 is 1.41 bits per heavy atom. The van der Waals surface area contributed by atoms with Crippen molar-refractivity contribution in [2.75, 3.05) is 0 Å². The first kappa shape index (κ1) is 12.1. The maximum absolute atomic E-state index is 13.5. The third kappa shape index (κ3) is 1.85. The second-order valence-corrected chi connectivity index (χ2v) is 5.58. The maximum Gasteiger partial charge on any atom is 0.411 e. The standard InChI is InChI=1S/C11H16FNO4/c1-11(2,3)17-10(16)13-6-4-5(7(6)12)8(13)9(14)15/h5-8H,4H2,1-3H3,(H,14,15)/t5-,6+,7+,8+/m0/s1. The van der Waals surface area contributed by atoms with Crippen molar-refractivity contribution in [3.63, 3.8) is 0 Å². The second-order valence-electron chi connectivity index (χ2n) is 5.58. The van der Waals surface area contributed by atoms with Crippen molar-refractivity contribution in [1.82, 2.24) is 4.90 Å². The molecule has 4 atom stereocenters. The summed E-state index contributed by atoms with van der Waals surface area (Å²) in [4.78, 5) is 23.9. The molecule has 2 saturated heterocycles. The number of hydrogen-bond donors (Lipinski definition) is 1. The van der Waals surface area contributed by atoms with Crippen molar-refractivity contribution in [3.05, 3.63) is 0 Å². The monoisotopic (exact) mass is 245 g/mol. The van der Waals surface area contributed by atoms with Crippen LogP contribution < -0.4 is 0 Å². The lowest BCUT2D eigenvalue weighted by atomic mass is 9.81. The third-order valence-corrected chi connectivity index (χ3v) is 3.21. The van der Waals surface area contributed by atoms with Crippen LogP contribution in [0, 0.1) is 5.92 Å². The van der Waals surface area contributed by atoms with Gasteiger partial charge in [-0.2, -0.15) is 0 Å². The fourth-order valence-electron chi connectivity index (χ4n) is 2.48. The number of carbonyl (C=O) groups is 2. The Hall–Kier alpha value is -1.33. The van der Waals surface area contributed by atoms with E-state index >= 15 is 0 Å². The van der Waals surface area contributed by atoms with Crippen molar-refractivity contribution in [1.29, 1.82) is 0 Å². The molecule has 0 aromatic carbocycles. The van der Waals surface area contributed by atoms with Gasteiger partial charge in [-0.15, -0.1) is 0 Å². The highest BCUT2D eigenvalue weighted by atomic mass is 19.1. The summed E-state index contributed by atoms with van der Waals surface area (Å²) in [5.74, 6) is -1.74. The predicted octanol–water partition coefficient (Wildman–Crippen LogP) is 1.42. The molecule has 0 aromatic rings. The van der Waals surface area contributed by atoms with Crippen LogP contribution in [0.4, 0.5) is 9.18 Å². The van der Waals surface area contributed by atoms with Crippen molar-refractivity contribution in [2.24, 2.45) is 5.92 Å². The van der Waals surface area contributed by atoms with E-state index in [4.69, 9.17) is 9.84 Å². The van der Waals surface area contributed by atoms with Crippen molar-refractivity contribution >= 4 is 12.1 Å². The lowest BCUT2D eigenvalue weighted by molar-refractivity contribution is -0.142. The Morgan fingerprint density at radius 3 is 2.41 bits per heavy atom. The van der Waals surface area contributed by atoms with Crippen molar-refractivity contribution in [3.8, 4) is 0 Å². The molecule has 0 radical (unpaired) electrons. The third-order valence-electron chi connectivity index (χ3n) is 3.21. The molecule has 2 heterocycles. The van der Waals surface area contributed by atoms with Crippen LogP contribution in [0.25, 0.3) is 0 Å². The van der Waals surface area contributed by atoms with Gasteiger partial charge in [-0.1, -0.05) is 0 Å². The van der Waals surface area contributed by atoms with Gasteiger partial charge in [0.05, 0.1) is 6.04 Å². The smallest absolute Gasteiger partial charge is 0.411 e. The number of amides is 1. The highest BCUT2D eigenvalue weighted by Crippen LogP contribution is 2.48. The van der Waals surface area contributed by atoms with Crippen LogP contribution in [-0.4, -0.2) is 45.9 Å². The van der Waals surface area contributed by atoms with Crippen LogP contribution in [0.5, 0.6) is 0 Å². The molecular formula is C11H16FNO4. The topological polar surface area (TPSA) is 66.8 Å². The van der Waals surface area contributed by atoms with Gasteiger partial charge in [0.2, 0.25) is 0 Å². The quantitative estimate of drug-likeness (QED) is 0.758. The maximum atomic E-state index is 13.5. The van der Waals surface area contributed by atoms with E-state index < -0.39 is 41.8 Å². The summed E-state index contributed by atoms with van der Waals surface area (Å²) in [5, 5.41) is 9.03. The number of fused-ring (bicyclic) bond motifs is 1. The first-order valence-electron chi connectivity index (χ1n) is 5.60. The molecule has 1 amide bonds. The van der Waals surface area contributed by atoms with Gasteiger partial charge < -0.3 is 9.84 Å². The lowest BCUT2D eigenvalue weighted by Crippen LogP contribution is -2.45. The van der Waals surface area contributed by atoms with Gasteiger partial charge in [0.1, 0.15) is 17.8 Å². The van der Waals surface area contributed by atoms with E-state index in [2.05, 4.69) is 0 Å². The van der Waals surface area contributed by atoms with Crippen LogP contribution >= 0.6 is 0 Å². The highest BCUT2D eigenvalue weighted by molar-refractivity contribution is 5.83. The van der Waals surface area contributed by atoms with Gasteiger partial charge in [0, 0.05) is 5.92 Å². The summed E-state index contributed by atoms with van der Waals surface area (Å²) < 4.78 is 18.6. The molecule has 5 nitrogen and oxygen atoms in total. The lowest BCUT2D eigenvalue weighted by Gasteiger charge is -2.31. The Morgan fingerprint density at radius 2 is 2.00 bits per heavy atom. The Labute approximate surface area is 98.5 Å². The molecule has 2 aliphatic heterocycles. The van der Waals surface area contributed by atoms with Gasteiger partial charge >= 0.3 is 12.1 Å². The van der Waals surface area contributed by atoms with E-state index in [9.17, 15) is 14.0 Å². The van der Waals surface area contributed by atoms with Crippen LogP contribution in [0.2, 0.25) is 0 Å². The average molecular weight is 245 g/mol. The first-order valence-corrected chi connectivity index (χ1v) is 5.60. The molecule has 0 unspecified atom stereocenters. The molecule has 3 rings (SSSR count). The molecule has 17 heavy (non-hydrogen) atoms. The summed E-state index contributed by atoms with van der Waals surface area (Å²) in [6, 6.07) is -1.71. The van der Waals surface area contributed by atoms with Crippen LogP contribution in [-0.2, 0) is 9.53 Å². The average Bonchev–Trinajstić information content (AvgIpc) is 2.66. The number of carboxylic acids is 1. The molecule has 0 spiro atoms. The molecule has 1 saturated carbocycles. The number of carboxylic acid groups (broad SMARTS) is 1. The number of rotatable bonds is 1. The van der Waals surface area contributed by atoms with E-state index in [0.717, 1.165) is 4.90 Å². The van der Waals surface area contributed by atoms with Crippen LogP contribution in [0.1, 0.15) is 27.2 Å². The zero-order valence-electron chi connectivity index (χ0n) is 10.0. The minimum absolute atomic E-state index is 0.414. The SMILES string of the molecule is CC(C)(C)OC(=O)N1[C@@H]2C[C@@H]([C@H]2F)[C@@H]1C(=O)O. The summed E-state index contributed by atoms with van der Waals surface area (Å²) in [5.41, 5.74) is -0.709. The molecule has 3 fully saturated rings. The minimum atomic E-state index is -1.23. The zero-order chi connectivity index (χ0) is 13.0. The van der Waals surface area contributed by atoms with E-state index in [0.29, 0.717) is 6.42 Å². The van der Waals surface area contributed by atoms with Gasteiger partial charge in [-0.3, -0.25) is 4.90 Å². The van der Waals surface area contributed by atoms with Crippen LogP contribution in [0.3, 0.4) is 0 Å². The summed E-state index contributed by atoms with van der Waals surface area (Å²) in [7, 11) is 0. The Bertz CT molecular complexity index is 365. The Kier molecular flexibility index (Phi) is 2.56. The first-order chi connectivity index (χ1) is 7.72. The van der Waals surface area contributed by atoms with Gasteiger partial charge in [0.25, 0.3) is 0 Å². The van der Waals surface area contributed by atoms with Crippen molar-refractivity contribution < 1.29 is 23.8 Å². The van der Waals surface area contributed by atoms with E-state index in [1.54, 1.807) is 20.8 Å². The number of hydrogen-bond acceptors (Lipinski definition) is 3. The van der Waals surface area contributed by atoms with E-state index in [-0.39, 0.29) is 0 Å². The van der Waals surface area contributed by atoms with E-state index in [1.165, 1.54) is 0 Å². The molecule has 96 valence electrons. The molecule has 2 bridgehead atoms. The normalized spacial score (nSPS) is 35.4. The fraction of sp³-hybridized carbons (Fsp3) is 0.818. The van der Waals surface area contributed by atoms with Crippen molar-refractivity contribution in [2.45, 2.75) is 51.0 Å². The number of nitrogens with zero attached hydrogens (tertiary/aromatic N) is 1. The zero-order valence-corrected chi connectivity index (χ0v) is 10.0. The number of aliphatic carboxylic acids is 1. The molecule has 3 aliphatic rings. The van der Waals surface area contributed by atoms with Crippen LogP contribution in [0.15, 0.2) is 0 Å². The van der Waals surface area contributed by atoms with Gasteiger partial charge in [-0.05, 0) is 27.2 Å². The number of alkyl halides is 1. The molecule has 6 heteroatoms. The molecule has 1 N–H and O–H groups in total. The second kappa shape index (κ2) is 3.58. The fourth-order valence-corrected chi connectivity index (χ4v) is 2.48. The largest absolute Gasteiger partial charge is 0.480 e. The minimum Gasteiger partial charge on any atom is -0.480 e. The highest BCUT2D eigenvalue weighted by Gasteiger charge is 2.64. The number of carbonyl (C=O) groups excluding carboxylic acids is 1. The molecule has 1 aliphatic carbocycles. The summed E-state index contributed by atoms with van der Waals surface area (Å²) in [6.45, 7) is 5.07. The Balaban J connectivity index is 2.15. The number of ether oxygens (including phenoxy) is 1. The number of halogens is 1. The van der Waals surface area contributed by atoms with Gasteiger partial charge in [0.15, 0.2) is 0 Å². The van der Waals surface area contributed by atoms with Gasteiger partial charge in [-0.25, -0.2) is 14.0 Å².